The summed E-state index contributed by atoms with van der Waals surface area (Å²) in [5.41, 5.74) is 1.25. The zero-order chi connectivity index (χ0) is 8.67. The van der Waals surface area contributed by atoms with Crippen LogP contribution in [-0.2, 0) is 4.55 Å². The van der Waals surface area contributed by atoms with Gasteiger partial charge in [-0.25, -0.2) is 0 Å². The monoisotopic (exact) mass is 285 g/mol. The fraction of sp³-hybridized carbons (Fsp3) is 0.100. The molecule has 1 aliphatic rings. The van der Waals surface area contributed by atoms with Crippen LogP contribution in [0.2, 0.25) is 0 Å². The van der Waals surface area contributed by atoms with Crippen molar-refractivity contribution in [2.45, 2.75) is 4.55 Å². The third kappa shape index (κ3) is 1.10. The van der Waals surface area contributed by atoms with Crippen LogP contribution in [0.25, 0.3) is 10.9 Å². The van der Waals surface area contributed by atoms with Gasteiger partial charge in [0.2, 0.25) is 0 Å². The van der Waals surface area contributed by atoms with Gasteiger partial charge < -0.3 is 0 Å². The third-order valence-electron chi connectivity index (χ3n) is 2.17. The first-order valence-corrected chi connectivity index (χ1v) is 6.53. The molecule has 0 radical (unpaired) electrons. The molecule has 13 heavy (non-hydrogen) atoms. The molecule has 0 fully saturated rings. The third-order valence-corrected chi connectivity index (χ3v) is 3.97. The zero-order valence-electron chi connectivity index (χ0n) is 6.90. The van der Waals surface area contributed by atoms with E-state index in [2.05, 4.69) is 41.1 Å². The van der Waals surface area contributed by atoms with Crippen molar-refractivity contribution in [2.75, 3.05) is 0 Å². The molecule has 66 valence electrons. The Morgan fingerprint density at radius 2 is 2.15 bits per heavy atom. The molecule has 0 saturated carbocycles. The van der Waals surface area contributed by atoms with Crippen molar-refractivity contribution in [2.24, 2.45) is 0 Å². The van der Waals surface area contributed by atoms with Gasteiger partial charge in [0.25, 0.3) is 0 Å². The number of aromatic nitrogens is 1. The minimum atomic E-state index is -0.139. The number of benzene rings is 1. The fourth-order valence-corrected chi connectivity index (χ4v) is 3.30. The van der Waals surface area contributed by atoms with Gasteiger partial charge >= 0.3 is 87.0 Å². The van der Waals surface area contributed by atoms with E-state index in [0.717, 1.165) is 10.3 Å². The van der Waals surface area contributed by atoms with E-state index in [-0.39, 0.29) is 21.6 Å². The van der Waals surface area contributed by atoms with E-state index in [1.165, 1.54) is 10.9 Å². The Labute approximate surface area is 87.0 Å². The van der Waals surface area contributed by atoms with Crippen molar-refractivity contribution in [3.63, 3.8) is 0 Å². The number of para-hydroxylation sites is 1. The van der Waals surface area contributed by atoms with Gasteiger partial charge in [0.05, 0.1) is 0 Å². The molecule has 3 heteroatoms. The molecule has 0 unspecified atom stereocenters. The van der Waals surface area contributed by atoms with E-state index in [0.29, 0.717) is 0 Å². The van der Waals surface area contributed by atoms with Gasteiger partial charge in [0.15, 0.2) is 0 Å². The average molecular weight is 285 g/mol. The number of halogens is 1. The van der Waals surface area contributed by atoms with Crippen LogP contribution in [0.3, 0.4) is 0 Å². The second-order valence-electron chi connectivity index (χ2n) is 2.98. The Morgan fingerprint density at radius 1 is 1.23 bits per heavy atom. The second-order valence-corrected chi connectivity index (χ2v) is 4.72. The van der Waals surface area contributed by atoms with Crippen molar-refractivity contribution in [1.82, 2.24) is 0 Å². The summed E-state index contributed by atoms with van der Waals surface area (Å²) in [5.74, 6) is 1.05. The Hall–Kier alpha value is -0.840. The van der Waals surface area contributed by atoms with Gasteiger partial charge in [-0.3, -0.25) is 0 Å². The van der Waals surface area contributed by atoms with Crippen LogP contribution >= 0.6 is 0 Å². The van der Waals surface area contributed by atoms with E-state index >= 15 is 0 Å². The van der Waals surface area contributed by atoms with Crippen molar-refractivity contribution in [3.05, 3.63) is 36.5 Å². The summed E-state index contributed by atoms with van der Waals surface area (Å²) < 4.78 is 9.04. The maximum atomic E-state index is 5.68. The first-order valence-electron chi connectivity index (χ1n) is 4.12. The first kappa shape index (κ1) is 7.55. The number of hydrogen-bond donors (Lipinski definition) is 0. The Morgan fingerprint density at radius 3 is 3.15 bits per heavy atom. The Kier molecular flexibility index (Phi) is 1.65. The van der Waals surface area contributed by atoms with E-state index in [1.54, 1.807) is 0 Å². The molecule has 1 aromatic carbocycles. The predicted octanol–water partition coefficient (Wildman–Crippen LogP) is -1.52. The summed E-state index contributed by atoms with van der Waals surface area (Å²) in [7, 11) is 0. The average Bonchev–Trinajstić information content (AvgIpc) is 2.19. The molecule has 0 saturated heterocycles. The molecular formula is C10H8INO. The number of nitrogens with zero attached hydrogens (tertiary/aromatic N) is 1. The molecule has 2 heterocycles. The number of alkyl halides is 1. The predicted molar refractivity (Wildman–Crippen MR) is 44.8 cm³/mol. The maximum absolute atomic E-state index is 5.68. The molecule has 2 nitrogen and oxygen atoms in total. The number of hydrogen-bond acceptors (Lipinski definition) is 1. The minimum absolute atomic E-state index is 0.139. The van der Waals surface area contributed by atoms with Gasteiger partial charge in [-0.1, -0.05) is 0 Å². The van der Waals surface area contributed by atoms with Gasteiger partial charge in [0, 0.05) is 0 Å². The van der Waals surface area contributed by atoms with Crippen LogP contribution < -0.4 is 29.3 Å². The molecule has 0 N–H and O–H groups in total. The van der Waals surface area contributed by atoms with E-state index in [1.807, 2.05) is 0 Å². The summed E-state index contributed by atoms with van der Waals surface area (Å²) in [4.78, 5) is 0. The Bertz CT molecular complexity index is 431. The number of rotatable bonds is 0. The van der Waals surface area contributed by atoms with Crippen LogP contribution in [0.1, 0.15) is 0 Å². The summed E-state index contributed by atoms with van der Waals surface area (Å²) in [6.07, 6.45) is 2.13. The molecule has 0 spiro atoms. The SMILES string of the molecule is c1cc2c3c(c1)ccc[n+]3C[I-]O2. The van der Waals surface area contributed by atoms with Crippen LogP contribution in [0.5, 0.6) is 5.75 Å². The van der Waals surface area contributed by atoms with Crippen LogP contribution in [0.15, 0.2) is 36.5 Å². The van der Waals surface area contributed by atoms with Crippen LogP contribution in [0, 0.1) is 0 Å². The summed E-state index contributed by atoms with van der Waals surface area (Å²) in [6.45, 7) is 0. The molecule has 0 aliphatic carbocycles. The molecule has 0 atom stereocenters. The molecule has 0 bridgehead atoms. The summed E-state index contributed by atoms with van der Waals surface area (Å²) in [6, 6.07) is 10.5. The molecule has 0 amide bonds. The van der Waals surface area contributed by atoms with Crippen LogP contribution in [-0.4, -0.2) is 0 Å². The first-order chi connectivity index (χ1) is 6.45. The molecule has 1 aliphatic heterocycles. The van der Waals surface area contributed by atoms with Crippen LogP contribution in [0.4, 0.5) is 0 Å². The van der Waals surface area contributed by atoms with Crippen molar-refractivity contribution >= 4 is 10.9 Å². The quantitative estimate of drug-likeness (QED) is 0.326. The van der Waals surface area contributed by atoms with Crippen molar-refractivity contribution < 1.29 is 29.3 Å². The summed E-state index contributed by atoms with van der Waals surface area (Å²) in [5, 5.41) is 1.27. The molecular weight excluding hydrogens is 277 g/mol. The Balaban J connectivity index is 2.49. The normalized spacial score (nSPS) is 14.8. The van der Waals surface area contributed by atoms with Crippen molar-refractivity contribution in [1.29, 1.82) is 0 Å². The molecule has 3 rings (SSSR count). The van der Waals surface area contributed by atoms with Gasteiger partial charge in [-0.2, -0.15) is 0 Å². The second kappa shape index (κ2) is 2.83. The van der Waals surface area contributed by atoms with E-state index < -0.39 is 0 Å². The summed E-state index contributed by atoms with van der Waals surface area (Å²) >= 11 is -0.139. The topological polar surface area (TPSA) is 13.1 Å². The van der Waals surface area contributed by atoms with Crippen molar-refractivity contribution in [3.8, 4) is 5.75 Å². The fourth-order valence-electron chi connectivity index (χ4n) is 1.60. The van der Waals surface area contributed by atoms with E-state index in [9.17, 15) is 0 Å². The standard InChI is InChI=1S/C10H8INO/c1-3-8-4-2-6-12-7-11-13-9(5-1)10(8)12/h1-6H,7H2. The zero-order valence-corrected chi connectivity index (χ0v) is 9.06. The van der Waals surface area contributed by atoms with Gasteiger partial charge in [0.1, 0.15) is 0 Å². The molecule has 2 aromatic rings. The van der Waals surface area contributed by atoms with Gasteiger partial charge in [-0.05, 0) is 0 Å². The van der Waals surface area contributed by atoms with E-state index in [4.69, 9.17) is 3.07 Å². The molecule has 1 aromatic heterocycles. The number of pyridine rings is 1. The van der Waals surface area contributed by atoms with Gasteiger partial charge in [-0.15, -0.1) is 0 Å².